The van der Waals surface area contributed by atoms with E-state index in [0.29, 0.717) is 0 Å². The molecule has 0 bridgehead atoms. The first-order chi connectivity index (χ1) is 6.70. The molecule has 0 saturated carbocycles. The van der Waals surface area contributed by atoms with Crippen LogP contribution in [0.3, 0.4) is 0 Å². The smallest absolute Gasteiger partial charge is 0.165 e. The summed E-state index contributed by atoms with van der Waals surface area (Å²) in [6, 6.07) is 1.72. The molecule has 76 valence electrons. The van der Waals surface area contributed by atoms with Gasteiger partial charge >= 0.3 is 0 Å². The van der Waals surface area contributed by atoms with Crippen molar-refractivity contribution < 1.29 is 13.9 Å². The molecule has 1 fully saturated rings. The minimum atomic E-state index is -0.768. The molecule has 1 aliphatic heterocycles. The summed E-state index contributed by atoms with van der Waals surface area (Å²) in [4.78, 5) is 0. The van der Waals surface area contributed by atoms with E-state index in [4.69, 9.17) is 0 Å². The molecule has 1 atom stereocenters. The minimum Gasteiger partial charge on any atom is -0.505 e. The van der Waals surface area contributed by atoms with Crippen molar-refractivity contribution in [3.05, 3.63) is 29.3 Å². The van der Waals surface area contributed by atoms with E-state index in [1.165, 1.54) is 0 Å². The molecule has 2 N–H and O–H groups in total. The van der Waals surface area contributed by atoms with E-state index in [1.807, 2.05) is 0 Å². The summed E-state index contributed by atoms with van der Waals surface area (Å²) in [6.45, 7) is 0.778. The van der Waals surface area contributed by atoms with Gasteiger partial charge in [-0.05, 0) is 31.5 Å². The molecule has 2 rings (SSSR count). The average molecular weight is 199 g/mol. The Morgan fingerprint density at radius 3 is 2.64 bits per heavy atom. The van der Waals surface area contributed by atoms with E-state index in [-0.39, 0.29) is 11.6 Å². The van der Waals surface area contributed by atoms with Crippen LogP contribution in [0.4, 0.5) is 8.78 Å². The zero-order chi connectivity index (χ0) is 10.1. The zero-order valence-corrected chi connectivity index (χ0v) is 7.56. The number of benzene rings is 1. The van der Waals surface area contributed by atoms with Crippen molar-refractivity contribution in [2.75, 3.05) is 6.54 Å². The van der Waals surface area contributed by atoms with Crippen molar-refractivity contribution in [3.63, 3.8) is 0 Å². The highest BCUT2D eigenvalue weighted by Gasteiger charge is 2.24. The quantitative estimate of drug-likeness (QED) is 0.725. The number of hydrogen-bond acceptors (Lipinski definition) is 2. The number of nitrogens with one attached hydrogen (secondary N) is 1. The Morgan fingerprint density at radius 1 is 1.29 bits per heavy atom. The van der Waals surface area contributed by atoms with E-state index in [0.717, 1.165) is 31.5 Å². The second-order valence-corrected chi connectivity index (χ2v) is 3.44. The lowest BCUT2D eigenvalue weighted by atomic mass is 10.0. The van der Waals surface area contributed by atoms with E-state index < -0.39 is 17.4 Å². The maximum atomic E-state index is 13.3. The molecule has 0 amide bonds. The Bertz CT molecular complexity index is 348. The predicted octanol–water partition coefficient (Wildman–Crippen LogP) is 2.09. The fraction of sp³-hybridized carbons (Fsp3) is 0.400. The molecule has 0 aliphatic carbocycles. The molecule has 0 unspecified atom stereocenters. The van der Waals surface area contributed by atoms with Gasteiger partial charge in [0.25, 0.3) is 0 Å². The number of phenols is 1. The third-order valence-corrected chi connectivity index (χ3v) is 2.52. The highest BCUT2D eigenvalue weighted by atomic mass is 19.1. The average Bonchev–Trinajstić information content (AvgIpc) is 2.65. The molecule has 4 heteroatoms. The van der Waals surface area contributed by atoms with Crippen LogP contribution in [0.5, 0.6) is 5.75 Å². The van der Waals surface area contributed by atoms with Crippen LogP contribution in [0.15, 0.2) is 12.1 Å². The standard InChI is InChI=1S/C10H11F2NO/c11-6-3-4-7(12)10(14)9(6)8-2-1-5-13-8/h3-4,8,13-14H,1-2,5H2/t8-/m0/s1. The monoisotopic (exact) mass is 199 g/mol. The number of aromatic hydroxyl groups is 1. The lowest BCUT2D eigenvalue weighted by Crippen LogP contribution is -2.14. The van der Waals surface area contributed by atoms with Gasteiger partial charge in [-0.1, -0.05) is 0 Å². The Kier molecular flexibility index (Phi) is 2.37. The maximum absolute atomic E-state index is 13.3. The molecule has 2 nitrogen and oxygen atoms in total. The lowest BCUT2D eigenvalue weighted by Gasteiger charge is -2.13. The minimum absolute atomic E-state index is 0.0579. The molecule has 1 aromatic carbocycles. The van der Waals surface area contributed by atoms with Gasteiger partial charge in [0.1, 0.15) is 5.82 Å². The summed E-state index contributed by atoms with van der Waals surface area (Å²) >= 11 is 0. The van der Waals surface area contributed by atoms with Gasteiger partial charge in [0.05, 0.1) is 0 Å². The van der Waals surface area contributed by atoms with Crippen molar-refractivity contribution in [1.29, 1.82) is 0 Å². The lowest BCUT2D eigenvalue weighted by molar-refractivity contribution is 0.406. The summed E-state index contributed by atoms with van der Waals surface area (Å²) in [5, 5.41) is 12.4. The highest BCUT2D eigenvalue weighted by Crippen LogP contribution is 2.33. The van der Waals surface area contributed by atoms with Crippen LogP contribution in [0, 0.1) is 11.6 Å². The van der Waals surface area contributed by atoms with E-state index in [9.17, 15) is 13.9 Å². The summed E-state index contributed by atoms with van der Waals surface area (Å²) in [5.41, 5.74) is 0.0579. The third-order valence-electron chi connectivity index (χ3n) is 2.52. The fourth-order valence-electron chi connectivity index (χ4n) is 1.82. The first-order valence-electron chi connectivity index (χ1n) is 4.60. The van der Waals surface area contributed by atoms with Gasteiger partial charge in [0, 0.05) is 11.6 Å². The SMILES string of the molecule is Oc1c(F)ccc(F)c1[C@@H]1CCCN1. The summed E-state index contributed by atoms with van der Waals surface area (Å²) in [7, 11) is 0. The second-order valence-electron chi connectivity index (χ2n) is 3.44. The van der Waals surface area contributed by atoms with E-state index in [1.54, 1.807) is 0 Å². The molecule has 1 saturated heterocycles. The molecule has 14 heavy (non-hydrogen) atoms. The molecule has 1 aromatic rings. The Morgan fingerprint density at radius 2 is 2.00 bits per heavy atom. The van der Waals surface area contributed by atoms with Gasteiger partial charge in [-0.2, -0.15) is 0 Å². The summed E-state index contributed by atoms with van der Waals surface area (Å²) < 4.78 is 26.3. The van der Waals surface area contributed by atoms with Crippen LogP contribution in [0.1, 0.15) is 24.4 Å². The fourth-order valence-corrected chi connectivity index (χ4v) is 1.82. The number of rotatable bonds is 1. The Hall–Kier alpha value is -1.16. The Balaban J connectivity index is 2.44. The maximum Gasteiger partial charge on any atom is 0.165 e. The van der Waals surface area contributed by atoms with Crippen molar-refractivity contribution in [2.45, 2.75) is 18.9 Å². The van der Waals surface area contributed by atoms with Gasteiger partial charge in [-0.15, -0.1) is 0 Å². The largest absolute Gasteiger partial charge is 0.505 e. The van der Waals surface area contributed by atoms with Crippen LogP contribution < -0.4 is 5.32 Å². The Labute approximate surface area is 80.6 Å². The van der Waals surface area contributed by atoms with Gasteiger partial charge in [0.2, 0.25) is 0 Å². The predicted molar refractivity (Wildman–Crippen MR) is 48.0 cm³/mol. The first-order valence-corrected chi connectivity index (χ1v) is 4.60. The van der Waals surface area contributed by atoms with Crippen molar-refractivity contribution in [2.24, 2.45) is 0 Å². The highest BCUT2D eigenvalue weighted by molar-refractivity contribution is 5.37. The topological polar surface area (TPSA) is 32.3 Å². The van der Waals surface area contributed by atoms with Crippen molar-refractivity contribution in [3.8, 4) is 5.75 Å². The van der Waals surface area contributed by atoms with Crippen molar-refractivity contribution >= 4 is 0 Å². The first kappa shape index (κ1) is 9.40. The van der Waals surface area contributed by atoms with Gasteiger partial charge in [0.15, 0.2) is 11.6 Å². The molecule has 0 radical (unpaired) electrons. The van der Waals surface area contributed by atoms with E-state index in [2.05, 4.69) is 5.32 Å². The molecular weight excluding hydrogens is 188 g/mol. The number of hydrogen-bond donors (Lipinski definition) is 2. The van der Waals surface area contributed by atoms with Crippen LogP contribution in [0.2, 0.25) is 0 Å². The van der Waals surface area contributed by atoms with Gasteiger partial charge in [-0.3, -0.25) is 0 Å². The molecule has 0 spiro atoms. The number of phenolic OH excluding ortho intramolecular Hbond substituents is 1. The van der Waals surface area contributed by atoms with Crippen LogP contribution in [-0.4, -0.2) is 11.7 Å². The third kappa shape index (κ3) is 1.46. The van der Waals surface area contributed by atoms with Gasteiger partial charge < -0.3 is 10.4 Å². The second kappa shape index (κ2) is 3.53. The zero-order valence-electron chi connectivity index (χ0n) is 7.56. The van der Waals surface area contributed by atoms with Crippen LogP contribution in [0.25, 0.3) is 0 Å². The normalized spacial score (nSPS) is 21.4. The van der Waals surface area contributed by atoms with Crippen LogP contribution in [-0.2, 0) is 0 Å². The summed E-state index contributed by atoms with van der Waals surface area (Å²) in [5.74, 6) is -1.89. The number of halogens is 2. The molecular formula is C10H11F2NO. The summed E-state index contributed by atoms with van der Waals surface area (Å²) in [6.07, 6.45) is 1.65. The van der Waals surface area contributed by atoms with Crippen LogP contribution >= 0.6 is 0 Å². The molecule has 1 aliphatic rings. The van der Waals surface area contributed by atoms with Crippen molar-refractivity contribution in [1.82, 2.24) is 5.32 Å². The van der Waals surface area contributed by atoms with Gasteiger partial charge in [-0.25, -0.2) is 8.78 Å². The molecule has 0 aromatic heterocycles. The van der Waals surface area contributed by atoms with E-state index >= 15 is 0 Å². The molecule has 1 heterocycles.